The lowest BCUT2D eigenvalue weighted by molar-refractivity contribution is -0.144. The van der Waals surface area contributed by atoms with Crippen LogP contribution in [0, 0.1) is 10.8 Å². The third kappa shape index (κ3) is 7.37. The average Bonchev–Trinajstić information content (AvgIpc) is 3.31. The second-order valence-corrected chi connectivity index (χ2v) is 8.95. The Bertz CT molecular complexity index is 1250. The van der Waals surface area contributed by atoms with Crippen LogP contribution in [0.3, 0.4) is 0 Å². The zero-order chi connectivity index (χ0) is 24.9. The molecule has 4 rings (SSSR count). The molecule has 0 aromatic heterocycles. The number of amidine groups is 2. The largest absolute Gasteiger partial charge is 0.489 e. The van der Waals surface area contributed by atoms with Gasteiger partial charge in [-0.25, -0.2) is 0 Å². The number of carbonyl (C=O) groups excluding carboxylic acids is 1. The fourth-order valence-corrected chi connectivity index (χ4v) is 4.51. The summed E-state index contributed by atoms with van der Waals surface area (Å²) in [6.07, 6.45) is 1.44. The van der Waals surface area contributed by atoms with Gasteiger partial charge in [0.25, 0.3) is 0 Å². The molecule has 1 fully saturated rings. The number of halogens is 2. The molecule has 1 saturated heterocycles. The van der Waals surface area contributed by atoms with Crippen LogP contribution in [0.15, 0.2) is 60.7 Å². The van der Waals surface area contributed by atoms with Crippen molar-refractivity contribution in [3.63, 3.8) is 0 Å². The molecule has 3 aromatic rings. The van der Waals surface area contributed by atoms with Crippen LogP contribution in [0.4, 0.5) is 0 Å². The van der Waals surface area contributed by atoms with Crippen LogP contribution in [0.1, 0.15) is 42.9 Å². The van der Waals surface area contributed by atoms with Gasteiger partial charge in [-0.15, -0.1) is 24.8 Å². The third-order valence-corrected chi connectivity index (χ3v) is 6.43. The number of nitrogens with zero attached hydrogens (tertiary/aromatic N) is 1. The number of ether oxygens (including phenoxy) is 2. The highest BCUT2D eigenvalue weighted by molar-refractivity contribution is 5.99. The predicted molar refractivity (Wildman–Crippen MR) is 153 cm³/mol. The van der Waals surface area contributed by atoms with E-state index in [4.69, 9.17) is 26.0 Å². The molecular formula is C28H34Cl2N4O3. The Morgan fingerprint density at radius 3 is 2.38 bits per heavy atom. The summed E-state index contributed by atoms with van der Waals surface area (Å²) >= 11 is 0. The first-order valence-corrected chi connectivity index (χ1v) is 11.9. The van der Waals surface area contributed by atoms with Gasteiger partial charge in [0.15, 0.2) is 0 Å². The molecule has 0 spiro atoms. The van der Waals surface area contributed by atoms with E-state index < -0.39 is 5.92 Å². The standard InChI is InChI=1S/C28H32N4O3.2ClH/c1-3-34-28(33)26(15-19-4-5-20-6-7-22(27(30)31)16-23(20)14-19)21-8-10-24(11-9-21)35-25-12-13-32(17-25)18(2)29;;/h4-11,14,16,25-26,29H,3,12-13,15,17H2,1-2H3,(H3,30,31);2*1H/t25-,26-;;/m0../s1. The highest BCUT2D eigenvalue weighted by Crippen LogP contribution is 2.28. The zero-order valence-electron chi connectivity index (χ0n) is 21.0. The molecule has 1 heterocycles. The average molecular weight is 546 g/mol. The van der Waals surface area contributed by atoms with Crippen LogP contribution in [0.25, 0.3) is 10.8 Å². The van der Waals surface area contributed by atoms with Gasteiger partial charge in [0.05, 0.1) is 24.9 Å². The highest BCUT2D eigenvalue weighted by atomic mass is 35.5. The first-order valence-electron chi connectivity index (χ1n) is 11.9. The molecule has 9 heteroatoms. The molecule has 1 aliphatic rings. The van der Waals surface area contributed by atoms with E-state index in [1.807, 2.05) is 72.5 Å². The maximum absolute atomic E-state index is 12.9. The van der Waals surface area contributed by atoms with Crippen molar-refractivity contribution in [2.24, 2.45) is 5.73 Å². The first kappa shape index (κ1) is 29.9. The number of nitrogens with two attached hydrogens (primary N) is 1. The number of carbonyl (C=O) groups is 1. The molecule has 198 valence electrons. The number of hydrogen-bond donors (Lipinski definition) is 3. The van der Waals surface area contributed by atoms with E-state index in [0.717, 1.165) is 47.2 Å². The number of fused-ring (bicyclic) bond motifs is 1. The molecule has 0 bridgehead atoms. The molecule has 0 radical (unpaired) electrons. The van der Waals surface area contributed by atoms with Gasteiger partial charge in [-0.3, -0.25) is 15.6 Å². The van der Waals surface area contributed by atoms with E-state index in [0.29, 0.717) is 24.4 Å². The van der Waals surface area contributed by atoms with Crippen molar-refractivity contribution in [1.29, 1.82) is 10.8 Å². The summed E-state index contributed by atoms with van der Waals surface area (Å²) in [5.74, 6) is 0.650. The van der Waals surface area contributed by atoms with E-state index in [-0.39, 0.29) is 42.7 Å². The monoisotopic (exact) mass is 544 g/mol. The highest BCUT2D eigenvalue weighted by Gasteiger charge is 2.25. The second kappa shape index (κ2) is 13.3. The minimum atomic E-state index is -0.444. The number of nitrogen functional groups attached to an aromatic ring is 1. The topological polar surface area (TPSA) is 112 Å². The van der Waals surface area contributed by atoms with Gasteiger partial charge in [0.2, 0.25) is 0 Å². The number of likely N-dealkylation sites (tertiary alicyclic amines) is 1. The minimum Gasteiger partial charge on any atom is -0.489 e. The van der Waals surface area contributed by atoms with Gasteiger partial charge in [-0.2, -0.15) is 0 Å². The Balaban J connectivity index is 0.00000241. The number of nitrogens with one attached hydrogen (secondary N) is 2. The lowest BCUT2D eigenvalue weighted by Gasteiger charge is -2.19. The van der Waals surface area contributed by atoms with Crippen molar-refractivity contribution in [1.82, 2.24) is 4.90 Å². The normalized spacial score (nSPS) is 15.3. The first-order chi connectivity index (χ1) is 16.8. The molecule has 2 atom stereocenters. The summed E-state index contributed by atoms with van der Waals surface area (Å²) in [5, 5.41) is 17.5. The maximum atomic E-state index is 12.9. The van der Waals surface area contributed by atoms with Crippen molar-refractivity contribution in [2.75, 3.05) is 19.7 Å². The Morgan fingerprint density at radius 2 is 1.76 bits per heavy atom. The summed E-state index contributed by atoms with van der Waals surface area (Å²) in [5.41, 5.74) is 8.21. The Hall–Kier alpha value is -3.29. The fourth-order valence-electron chi connectivity index (χ4n) is 4.51. The minimum absolute atomic E-state index is 0. The van der Waals surface area contributed by atoms with Crippen molar-refractivity contribution in [3.8, 4) is 5.75 Å². The molecule has 0 aliphatic carbocycles. The molecule has 1 aliphatic heterocycles. The van der Waals surface area contributed by atoms with Crippen molar-refractivity contribution in [3.05, 3.63) is 77.4 Å². The number of rotatable bonds is 8. The van der Waals surface area contributed by atoms with Gasteiger partial charge in [-0.1, -0.05) is 42.5 Å². The van der Waals surface area contributed by atoms with Crippen molar-refractivity contribution in [2.45, 2.75) is 38.7 Å². The predicted octanol–water partition coefficient (Wildman–Crippen LogP) is 5.31. The molecule has 0 saturated carbocycles. The number of hydrogen-bond acceptors (Lipinski definition) is 5. The van der Waals surface area contributed by atoms with Crippen LogP contribution in [-0.4, -0.2) is 48.3 Å². The van der Waals surface area contributed by atoms with E-state index >= 15 is 0 Å². The summed E-state index contributed by atoms with van der Waals surface area (Å²) in [4.78, 5) is 14.9. The Morgan fingerprint density at radius 1 is 1.05 bits per heavy atom. The summed E-state index contributed by atoms with van der Waals surface area (Å²) in [6.45, 7) is 5.48. The van der Waals surface area contributed by atoms with E-state index in [1.54, 1.807) is 6.92 Å². The third-order valence-electron chi connectivity index (χ3n) is 6.43. The van der Waals surface area contributed by atoms with E-state index in [1.165, 1.54) is 0 Å². The lowest BCUT2D eigenvalue weighted by atomic mass is 9.91. The summed E-state index contributed by atoms with van der Waals surface area (Å²) < 4.78 is 11.5. The van der Waals surface area contributed by atoms with Crippen LogP contribution in [0.2, 0.25) is 0 Å². The molecular weight excluding hydrogens is 511 g/mol. The molecule has 3 aromatic carbocycles. The van der Waals surface area contributed by atoms with Gasteiger partial charge >= 0.3 is 5.97 Å². The van der Waals surface area contributed by atoms with Crippen LogP contribution >= 0.6 is 24.8 Å². The number of esters is 1. The zero-order valence-corrected chi connectivity index (χ0v) is 22.7. The molecule has 37 heavy (non-hydrogen) atoms. The van der Waals surface area contributed by atoms with Gasteiger partial charge in [0.1, 0.15) is 17.7 Å². The van der Waals surface area contributed by atoms with Crippen LogP contribution < -0.4 is 10.5 Å². The summed E-state index contributed by atoms with van der Waals surface area (Å²) in [6, 6.07) is 19.4. The summed E-state index contributed by atoms with van der Waals surface area (Å²) in [7, 11) is 0. The quantitative estimate of drug-likeness (QED) is 0.202. The Kier molecular flexibility index (Phi) is 10.8. The number of benzene rings is 3. The van der Waals surface area contributed by atoms with E-state index in [2.05, 4.69) is 0 Å². The maximum Gasteiger partial charge on any atom is 0.313 e. The molecule has 0 unspecified atom stereocenters. The Labute approximate surface area is 230 Å². The van der Waals surface area contributed by atoms with E-state index in [9.17, 15) is 4.79 Å². The van der Waals surface area contributed by atoms with Gasteiger partial charge in [-0.05, 0) is 60.4 Å². The molecule has 7 nitrogen and oxygen atoms in total. The lowest BCUT2D eigenvalue weighted by Crippen LogP contribution is -2.28. The molecule has 4 N–H and O–H groups in total. The van der Waals surface area contributed by atoms with Crippen molar-refractivity contribution >= 4 is 53.2 Å². The van der Waals surface area contributed by atoms with Crippen LogP contribution in [0.5, 0.6) is 5.75 Å². The molecule has 0 amide bonds. The van der Waals surface area contributed by atoms with Gasteiger partial charge in [0, 0.05) is 18.5 Å². The van der Waals surface area contributed by atoms with Gasteiger partial charge < -0.3 is 20.1 Å². The second-order valence-electron chi connectivity index (χ2n) is 8.95. The van der Waals surface area contributed by atoms with Crippen molar-refractivity contribution < 1.29 is 14.3 Å². The SMILES string of the molecule is CCOC(=O)[C@@H](Cc1ccc2ccc(C(=N)N)cc2c1)c1ccc(O[C@H]2CCN(C(C)=N)C2)cc1.Cl.Cl. The fraction of sp³-hybridized carbons (Fsp3) is 0.321. The smallest absolute Gasteiger partial charge is 0.313 e. The van der Waals surface area contributed by atoms with Crippen LogP contribution in [-0.2, 0) is 16.0 Å².